The Labute approximate surface area is 196 Å². The number of hydrogen-bond donors (Lipinski definition) is 0. The van der Waals surface area contributed by atoms with Gasteiger partial charge in [-0.1, -0.05) is 79.7 Å². The van der Waals surface area contributed by atoms with Crippen LogP contribution < -0.4 is 0 Å². The van der Waals surface area contributed by atoms with Crippen molar-refractivity contribution in [2.24, 2.45) is 0 Å². The first-order chi connectivity index (χ1) is 14.6. The smallest absolute Gasteiger partial charge is 0.0591 e. The second-order valence-electron chi connectivity index (χ2n) is 7.86. The number of halogens is 3. The van der Waals surface area contributed by atoms with E-state index in [2.05, 4.69) is 79.7 Å². The van der Waals surface area contributed by atoms with Crippen molar-refractivity contribution in [3.05, 3.63) is 106 Å². The Balaban J connectivity index is 1.74. The molecular formula is C27H29Cl3. The van der Waals surface area contributed by atoms with Gasteiger partial charge in [-0.05, 0) is 65.0 Å². The van der Waals surface area contributed by atoms with E-state index in [-0.39, 0.29) is 5.38 Å². The molecule has 3 heteroatoms. The zero-order valence-electron chi connectivity index (χ0n) is 17.5. The van der Waals surface area contributed by atoms with Crippen molar-refractivity contribution in [2.45, 2.75) is 55.7 Å². The lowest BCUT2D eigenvalue weighted by Gasteiger charge is -2.21. The van der Waals surface area contributed by atoms with Crippen molar-refractivity contribution in [3.8, 4) is 0 Å². The maximum Gasteiger partial charge on any atom is 0.0591 e. The summed E-state index contributed by atoms with van der Waals surface area (Å²) in [5, 5.41) is -0.0328. The Morgan fingerprint density at radius 1 is 0.633 bits per heavy atom. The van der Waals surface area contributed by atoms with Gasteiger partial charge in [0.1, 0.15) is 0 Å². The molecule has 3 aromatic carbocycles. The highest BCUT2D eigenvalue weighted by Gasteiger charge is 2.18. The molecule has 2 unspecified atom stereocenters. The number of hydrogen-bond acceptors (Lipinski definition) is 0. The lowest BCUT2D eigenvalue weighted by atomic mass is 9.86. The first-order valence-corrected chi connectivity index (χ1v) is 12.1. The molecule has 0 aliphatic heterocycles. The molecular weight excluding hydrogens is 431 g/mol. The van der Waals surface area contributed by atoms with Crippen LogP contribution in [-0.4, -0.2) is 0 Å². The van der Waals surface area contributed by atoms with E-state index in [4.69, 9.17) is 34.8 Å². The maximum atomic E-state index is 6.87. The molecule has 0 spiro atoms. The van der Waals surface area contributed by atoms with Gasteiger partial charge in [0.15, 0.2) is 0 Å². The fourth-order valence-corrected chi connectivity index (χ4v) is 4.50. The van der Waals surface area contributed by atoms with Gasteiger partial charge < -0.3 is 0 Å². The van der Waals surface area contributed by atoms with Gasteiger partial charge in [0.2, 0.25) is 0 Å². The third-order valence-electron chi connectivity index (χ3n) is 5.81. The molecule has 2 atom stereocenters. The third-order valence-corrected chi connectivity index (χ3v) is 6.85. The minimum atomic E-state index is -0.0328. The molecule has 0 aliphatic rings. The second kappa shape index (κ2) is 11.8. The fraction of sp³-hybridized carbons (Fsp3) is 0.333. The van der Waals surface area contributed by atoms with Crippen LogP contribution in [0.15, 0.2) is 72.8 Å². The van der Waals surface area contributed by atoms with Crippen LogP contribution >= 0.6 is 34.8 Å². The minimum Gasteiger partial charge on any atom is -0.122 e. The third kappa shape index (κ3) is 6.51. The van der Waals surface area contributed by atoms with Crippen LogP contribution in [0.3, 0.4) is 0 Å². The normalized spacial score (nSPS) is 13.2. The molecule has 0 aliphatic carbocycles. The summed E-state index contributed by atoms with van der Waals surface area (Å²) in [4.78, 5) is 0. The van der Waals surface area contributed by atoms with E-state index in [1.807, 2.05) is 0 Å². The molecule has 0 nitrogen and oxygen atoms in total. The van der Waals surface area contributed by atoms with E-state index in [1.165, 1.54) is 16.7 Å². The van der Waals surface area contributed by atoms with E-state index in [0.29, 0.717) is 17.7 Å². The number of benzene rings is 3. The van der Waals surface area contributed by atoms with Gasteiger partial charge in [-0.25, -0.2) is 0 Å². The Morgan fingerprint density at radius 2 is 1.10 bits per heavy atom. The van der Waals surface area contributed by atoms with Crippen LogP contribution in [-0.2, 0) is 24.6 Å². The summed E-state index contributed by atoms with van der Waals surface area (Å²) in [7, 11) is 0. The summed E-state index contributed by atoms with van der Waals surface area (Å²) in [5.41, 5.74) is 7.51. The largest absolute Gasteiger partial charge is 0.122 e. The molecule has 0 bridgehead atoms. The average molecular weight is 460 g/mol. The molecule has 0 aromatic heterocycles. The van der Waals surface area contributed by atoms with Crippen LogP contribution in [0.2, 0.25) is 0 Å². The Bertz CT molecular complexity index is 883. The topological polar surface area (TPSA) is 0 Å². The second-order valence-corrected chi connectivity index (χ2v) is 8.92. The molecule has 158 valence electrons. The van der Waals surface area contributed by atoms with Gasteiger partial charge in [-0.2, -0.15) is 0 Å². The average Bonchev–Trinajstić information content (AvgIpc) is 2.82. The summed E-state index contributed by atoms with van der Waals surface area (Å²) in [5.74, 6) is 1.45. The summed E-state index contributed by atoms with van der Waals surface area (Å²) >= 11 is 18.8. The molecule has 0 saturated heterocycles. The van der Waals surface area contributed by atoms with E-state index in [1.54, 1.807) is 0 Å². The fourth-order valence-electron chi connectivity index (χ4n) is 3.78. The molecule has 3 rings (SSSR count). The molecule has 30 heavy (non-hydrogen) atoms. The highest BCUT2D eigenvalue weighted by Crippen LogP contribution is 2.36. The van der Waals surface area contributed by atoms with Crippen molar-refractivity contribution < 1.29 is 0 Å². The Kier molecular flexibility index (Phi) is 9.12. The molecule has 0 N–H and O–H groups in total. The van der Waals surface area contributed by atoms with Crippen LogP contribution in [0, 0.1) is 0 Å². The number of aryl methyl sites for hydroxylation is 2. The minimum absolute atomic E-state index is 0.0328. The summed E-state index contributed by atoms with van der Waals surface area (Å²) in [6, 6.07) is 26.0. The van der Waals surface area contributed by atoms with Crippen molar-refractivity contribution >= 4 is 34.8 Å². The van der Waals surface area contributed by atoms with Crippen molar-refractivity contribution in [3.63, 3.8) is 0 Å². The SMILES string of the molecule is CCc1ccc(CCC(CC(Cl)c2ccc(CCl)cc2)c2ccc(CCl)cc2)cc1. The first-order valence-electron chi connectivity index (χ1n) is 10.6. The molecule has 0 fully saturated rings. The van der Waals surface area contributed by atoms with E-state index >= 15 is 0 Å². The van der Waals surface area contributed by atoms with Crippen LogP contribution in [0.1, 0.15) is 64.4 Å². The van der Waals surface area contributed by atoms with Gasteiger partial charge in [-0.15, -0.1) is 34.8 Å². The van der Waals surface area contributed by atoms with Crippen LogP contribution in [0.25, 0.3) is 0 Å². The molecule has 0 saturated carbocycles. The van der Waals surface area contributed by atoms with Gasteiger partial charge in [0, 0.05) is 11.8 Å². The van der Waals surface area contributed by atoms with E-state index < -0.39 is 0 Å². The first kappa shape index (κ1) is 23.2. The quantitative estimate of drug-likeness (QED) is 0.266. The monoisotopic (exact) mass is 458 g/mol. The molecule has 0 radical (unpaired) electrons. The lowest BCUT2D eigenvalue weighted by molar-refractivity contribution is 0.567. The standard InChI is InChI=1S/C27H29Cl3/c1-2-20-3-5-21(6-4-20)7-16-26(24-12-8-22(18-28)9-13-24)17-27(30)25-14-10-23(19-29)11-15-25/h3-6,8-15,26-27H,2,7,16-19H2,1H3. The van der Waals surface area contributed by atoms with Crippen molar-refractivity contribution in [2.75, 3.05) is 0 Å². The zero-order valence-corrected chi connectivity index (χ0v) is 19.7. The van der Waals surface area contributed by atoms with Gasteiger partial charge >= 0.3 is 0 Å². The van der Waals surface area contributed by atoms with Gasteiger partial charge in [-0.3, -0.25) is 0 Å². The molecule has 0 heterocycles. The van der Waals surface area contributed by atoms with Gasteiger partial charge in [0.25, 0.3) is 0 Å². The van der Waals surface area contributed by atoms with Crippen molar-refractivity contribution in [1.82, 2.24) is 0 Å². The van der Waals surface area contributed by atoms with Crippen molar-refractivity contribution in [1.29, 1.82) is 0 Å². The molecule has 3 aromatic rings. The number of alkyl halides is 3. The van der Waals surface area contributed by atoms with Crippen LogP contribution in [0.4, 0.5) is 0 Å². The van der Waals surface area contributed by atoms with Crippen LogP contribution in [0.5, 0.6) is 0 Å². The predicted molar refractivity (Wildman–Crippen MR) is 132 cm³/mol. The summed E-state index contributed by atoms with van der Waals surface area (Å²) in [6.45, 7) is 2.19. The highest BCUT2D eigenvalue weighted by molar-refractivity contribution is 6.20. The van der Waals surface area contributed by atoms with E-state index in [0.717, 1.165) is 42.4 Å². The maximum absolute atomic E-state index is 6.87. The lowest BCUT2D eigenvalue weighted by Crippen LogP contribution is -2.05. The Morgan fingerprint density at radius 3 is 1.60 bits per heavy atom. The summed E-state index contributed by atoms with van der Waals surface area (Å²) in [6.07, 6.45) is 4.08. The Hall–Kier alpha value is -1.47. The van der Waals surface area contributed by atoms with E-state index in [9.17, 15) is 0 Å². The highest BCUT2D eigenvalue weighted by atomic mass is 35.5. The predicted octanol–water partition coefficient (Wildman–Crippen LogP) is 8.81. The summed E-state index contributed by atoms with van der Waals surface area (Å²) < 4.78 is 0. The molecule has 0 amide bonds. The zero-order chi connectivity index (χ0) is 21.3. The number of rotatable bonds is 10. The van der Waals surface area contributed by atoms with Gasteiger partial charge in [0.05, 0.1) is 5.38 Å².